The molecule has 12 heavy (non-hydrogen) atoms. The van der Waals surface area contributed by atoms with Gasteiger partial charge in [-0.1, -0.05) is 13.0 Å². The highest BCUT2D eigenvalue weighted by atomic mass is 14.9. The fourth-order valence-corrected chi connectivity index (χ4v) is 1.95. The molecular formula is C11H21N. The minimum absolute atomic E-state index is 0.786. The summed E-state index contributed by atoms with van der Waals surface area (Å²) in [6.45, 7) is 7.32. The molecule has 2 unspecified atom stereocenters. The van der Waals surface area contributed by atoms with Crippen molar-refractivity contribution in [3.8, 4) is 0 Å². The zero-order valence-electron chi connectivity index (χ0n) is 8.18. The van der Waals surface area contributed by atoms with Gasteiger partial charge in [-0.2, -0.15) is 0 Å². The molecule has 0 radical (unpaired) electrons. The SMILES string of the molecule is C=CCCCC1CC(C)CCN1. The van der Waals surface area contributed by atoms with E-state index in [2.05, 4.69) is 18.8 Å². The van der Waals surface area contributed by atoms with E-state index in [-0.39, 0.29) is 0 Å². The van der Waals surface area contributed by atoms with Crippen LogP contribution in [0.3, 0.4) is 0 Å². The molecule has 1 aliphatic rings. The Kier molecular flexibility index (Phi) is 4.37. The second-order valence-electron chi connectivity index (χ2n) is 4.00. The number of unbranched alkanes of at least 4 members (excludes halogenated alkanes) is 1. The third kappa shape index (κ3) is 3.40. The van der Waals surface area contributed by atoms with Gasteiger partial charge in [0.2, 0.25) is 0 Å². The summed E-state index contributed by atoms with van der Waals surface area (Å²) >= 11 is 0. The molecule has 1 rings (SSSR count). The number of nitrogens with one attached hydrogen (secondary N) is 1. The number of allylic oxidation sites excluding steroid dienone is 1. The van der Waals surface area contributed by atoms with Crippen LogP contribution in [0.4, 0.5) is 0 Å². The third-order valence-electron chi connectivity index (χ3n) is 2.72. The Labute approximate surface area is 76.2 Å². The zero-order chi connectivity index (χ0) is 8.81. The van der Waals surface area contributed by atoms with E-state index in [0.29, 0.717) is 0 Å². The Hall–Kier alpha value is -0.300. The van der Waals surface area contributed by atoms with Crippen LogP contribution in [0, 0.1) is 5.92 Å². The van der Waals surface area contributed by atoms with E-state index in [4.69, 9.17) is 0 Å². The largest absolute Gasteiger partial charge is 0.314 e. The van der Waals surface area contributed by atoms with Crippen LogP contribution in [-0.2, 0) is 0 Å². The van der Waals surface area contributed by atoms with Crippen molar-refractivity contribution in [3.05, 3.63) is 12.7 Å². The van der Waals surface area contributed by atoms with Gasteiger partial charge in [0.25, 0.3) is 0 Å². The standard InChI is InChI=1S/C11H21N/c1-3-4-5-6-11-9-10(2)7-8-12-11/h3,10-12H,1,4-9H2,2H3. The van der Waals surface area contributed by atoms with E-state index < -0.39 is 0 Å². The lowest BCUT2D eigenvalue weighted by molar-refractivity contribution is 0.304. The maximum absolute atomic E-state index is 3.74. The van der Waals surface area contributed by atoms with Crippen molar-refractivity contribution in [1.29, 1.82) is 0 Å². The summed E-state index contributed by atoms with van der Waals surface area (Å²) in [5.74, 6) is 0.931. The lowest BCUT2D eigenvalue weighted by Gasteiger charge is -2.28. The number of hydrogen-bond donors (Lipinski definition) is 1. The molecule has 1 heterocycles. The summed E-state index contributed by atoms with van der Waals surface area (Å²) in [6.07, 6.45) is 8.55. The van der Waals surface area contributed by atoms with E-state index in [1.54, 1.807) is 0 Å². The van der Waals surface area contributed by atoms with Crippen molar-refractivity contribution in [2.45, 2.75) is 45.1 Å². The number of piperidine rings is 1. The first-order chi connectivity index (χ1) is 5.83. The lowest BCUT2D eigenvalue weighted by atomic mass is 9.91. The van der Waals surface area contributed by atoms with Gasteiger partial charge in [0.15, 0.2) is 0 Å². The monoisotopic (exact) mass is 167 g/mol. The molecule has 2 atom stereocenters. The number of hydrogen-bond acceptors (Lipinski definition) is 1. The molecule has 0 aliphatic carbocycles. The minimum atomic E-state index is 0.786. The normalized spacial score (nSPS) is 30.1. The fraction of sp³-hybridized carbons (Fsp3) is 0.818. The smallest absolute Gasteiger partial charge is 0.00697 e. The van der Waals surface area contributed by atoms with Gasteiger partial charge in [0.1, 0.15) is 0 Å². The van der Waals surface area contributed by atoms with Crippen LogP contribution in [0.1, 0.15) is 39.0 Å². The predicted molar refractivity (Wildman–Crippen MR) is 54.2 cm³/mol. The molecule has 0 spiro atoms. The van der Waals surface area contributed by atoms with Crippen LogP contribution in [0.5, 0.6) is 0 Å². The Morgan fingerprint density at radius 2 is 2.42 bits per heavy atom. The van der Waals surface area contributed by atoms with Gasteiger partial charge in [-0.15, -0.1) is 6.58 Å². The molecule has 0 bridgehead atoms. The van der Waals surface area contributed by atoms with Gasteiger partial charge in [0, 0.05) is 6.04 Å². The molecule has 1 heteroatoms. The van der Waals surface area contributed by atoms with Crippen molar-refractivity contribution in [3.63, 3.8) is 0 Å². The van der Waals surface area contributed by atoms with Gasteiger partial charge in [0.05, 0.1) is 0 Å². The average Bonchev–Trinajstić information content (AvgIpc) is 2.05. The lowest BCUT2D eigenvalue weighted by Crippen LogP contribution is -2.37. The highest BCUT2D eigenvalue weighted by molar-refractivity contribution is 4.77. The highest BCUT2D eigenvalue weighted by Crippen LogP contribution is 2.18. The number of rotatable bonds is 4. The van der Waals surface area contributed by atoms with Gasteiger partial charge in [-0.05, 0) is 44.6 Å². The van der Waals surface area contributed by atoms with E-state index >= 15 is 0 Å². The summed E-state index contributed by atoms with van der Waals surface area (Å²) in [6, 6.07) is 0.786. The first-order valence-corrected chi connectivity index (χ1v) is 5.17. The average molecular weight is 167 g/mol. The molecule has 70 valence electrons. The summed E-state index contributed by atoms with van der Waals surface area (Å²) in [7, 11) is 0. The molecular weight excluding hydrogens is 146 g/mol. The van der Waals surface area contributed by atoms with Crippen molar-refractivity contribution in [2.75, 3.05) is 6.54 Å². The van der Waals surface area contributed by atoms with Crippen LogP contribution in [-0.4, -0.2) is 12.6 Å². The first kappa shape index (κ1) is 9.79. The van der Waals surface area contributed by atoms with E-state index in [0.717, 1.165) is 12.0 Å². The molecule has 0 saturated carbocycles. The predicted octanol–water partition coefficient (Wildman–Crippen LogP) is 2.73. The summed E-state index contributed by atoms with van der Waals surface area (Å²) in [5.41, 5.74) is 0. The Morgan fingerprint density at radius 3 is 3.08 bits per heavy atom. The quantitative estimate of drug-likeness (QED) is 0.501. The summed E-state index contributed by atoms with van der Waals surface area (Å²) in [4.78, 5) is 0. The molecule has 1 nitrogen and oxygen atoms in total. The maximum Gasteiger partial charge on any atom is 0.00697 e. The van der Waals surface area contributed by atoms with Crippen LogP contribution in [0.2, 0.25) is 0 Å². The molecule has 0 aromatic rings. The van der Waals surface area contributed by atoms with Crippen LogP contribution < -0.4 is 5.32 Å². The Balaban J connectivity index is 2.09. The van der Waals surface area contributed by atoms with Gasteiger partial charge >= 0.3 is 0 Å². The van der Waals surface area contributed by atoms with Crippen LogP contribution in [0.15, 0.2) is 12.7 Å². The van der Waals surface area contributed by atoms with E-state index in [1.165, 1.54) is 38.6 Å². The third-order valence-corrected chi connectivity index (χ3v) is 2.72. The van der Waals surface area contributed by atoms with Gasteiger partial charge < -0.3 is 5.32 Å². The molecule has 1 N–H and O–H groups in total. The fourth-order valence-electron chi connectivity index (χ4n) is 1.95. The van der Waals surface area contributed by atoms with Crippen molar-refractivity contribution in [1.82, 2.24) is 5.32 Å². The van der Waals surface area contributed by atoms with Gasteiger partial charge in [-0.3, -0.25) is 0 Å². The molecule has 0 amide bonds. The summed E-state index contributed by atoms with van der Waals surface area (Å²) in [5, 5.41) is 3.57. The molecule has 1 fully saturated rings. The zero-order valence-corrected chi connectivity index (χ0v) is 8.18. The van der Waals surface area contributed by atoms with Crippen molar-refractivity contribution >= 4 is 0 Å². The van der Waals surface area contributed by atoms with Crippen molar-refractivity contribution < 1.29 is 0 Å². The molecule has 0 aromatic heterocycles. The topological polar surface area (TPSA) is 12.0 Å². The molecule has 0 aromatic carbocycles. The van der Waals surface area contributed by atoms with E-state index in [9.17, 15) is 0 Å². The molecule has 1 aliphatic heterocycles. The van der Waals surface area contributed by atoms with E-state index in [1.807, 2.05) is 6.08 Å². The van der Waals surface area contributed by atoms with Gasteiger partial charge in [-0.25, -0.2) is 0 Å². The Bertz CT molecular complexity index is 131. The molecule has 1 saturated heterocycles. The highest BCUT2D eigenvalue weighted by Gasteiger charge is 2.16. The minimum Gasteiger partial charge on any atom is -0.314 e. The maximum atomic E-state index is 3.74. The van der Waals surface area contributed by atoms with Crippen molar-refractivity contribution in [2.24, 2.45) is 5.92 Å². The van der Waals surface area contributed by atoms with Crippen LogP contribution >= 0.6 is 0 Å². The Morgan fingerprint density at radius 1 is 1.58 bits per heavy atom. The second kappa shape index (κ2) is 5.36. The first-order valence-electron chi connectivity index (χ1n) is 5.17. The van der Waals surface area contributed by atoms with Crippen LogP contribution in [0.25, 0.3) is 0 Å². The second-order valence-corrected chi connectivity index (χ2v) is 4.00. The summed E-state index contributed by atoms with van der Waals surface area (Å²) < 4.78 is 0.